The van der Waals surface area contributed by atoms with Crippen LogP contribution in [0.15, 0.2) is 12.1 Å². The third-order valence-electron chi connectivity index (χ3n) is 8.38. The van der Waals surface area contributed by atoms with Gasteiger partial charge in [-0.15, -0.1) is 0 Å². The van der Waals surface area contributed by atoms with Crippen LogP contribution < -0.4 is 4.74 Å². The first-order chi connectivity index (χ1) is 13.1. The summed E-state index contributed by atoms with van der Waals surface area (Å²) in [6.45, 7) is 1.74. The molecule has 2 heterocycles. The van der Waals surface area contributed by atoms with Gasteiger partial charge in [-0.1, -0.05) is 6.07 Å². The van der Waals surface area contributed by atoms with E-state index in [1.54, 1.807) is 6.07 Å². The number of carbonyl (C=O) groups excluding carboxylic acids is 1. The number of hydrogen-bond donors (Lipinski definition) is 4. The van der Waals surface area contributed by atoms with Crippen LogP contribution in [0.5, 0.6) is 11.5 Å². The molecule has 1 saturated heterocycles. The molecule has 1 unspecified atom stereocenters. The van der Waals surface area contributed by atoms with Crippen LogP contribution in [0.4, 0.5) is 0 Å². The number of likely N-dealkylation sites (N-methyl/N-ethyl adjacent to an activating group) is 1. The van der Waals surface area contributed by atoms with E-state index in [0.29, 0.717) is 28.8 Å². The highest BCUT2D eigenvalue weighted by molar-refractivity contribution is 5.95. The van der Waals surface area contributed by atoms with E-state index in [1.165, 1.54) is 12.8 Å². The van der Waals surface area contributed by atoms with E-state index < -0.39 is 35.1 Å². The monoisotopic (exact) mass is 388 g/mol. The Hall–Kier alpha value is -1.67. The number of ketones is 1. The zero-order valence-corrected chi connectivity index (χ0v) is 15.9. The van der Waals surface area contributed by atoms with E-state index >= 15 is 0 Å². The first kappa shape index (κ1) is 17.2. The van der Waals surface area contributed by atoms with Gasteiger partial charge in [0.05, 0.1) is 25.6 Å². The lowest BCUT2D eigenvalue weighted by Crippen LogP contribution is -2.83. The van der Waals surface area contributed by atoms with Crippen molar-refractivity contribution in [3.05, 3.63) is 23.3 Å². The van der Waals surface area contributed by atoms with Crippen molar-refractivity contribution < 1.29 is 34.4 Å². The first-order valence-corrected chi connectivity index (χ1v) is 10.2. The van der Waals surface area contributed by atoms with Crippen LogP contribution in [0.2, 0.25) is 0 Å². The maximum absolute atomic E-state index is 13.0. The highest BCUT2D eigenvalue weighted by Gasteiger charge is 2.80. The SMILES string of the molecule is C[N+]1(CC2CC2)CC[C@]23c4c5ccc(O)c4O[C@H]2C(=O)C(O)(O)C[C@@]3(O)[C@H]1C5. The molecule has 5 aliphatic rings. The van der Waals surface area contributed by atoms with Crippen molar-refractivity contribution in [3.8, 4) is 11.5 Å². The zero-order chi connectivity index (χ0) is 19.7. The maximum Gasteiger partial charge on any atom is 0.232 e. The van der Waals surface area contributed by atoms with Crippen LogP contribution in [0.25, 0.3) is 0 Å². The molecule has 3 fully saturated rings. The molecular formula is C21H26NO6+. The molecule has 5 atom stereocenters. The van der Waals surface area contributed by atoms with E-state index in [1.807, 2.05) is 6.07 Å². The molecular weight excluding hydrogens is 362 g/mol. The number of nitrogens with zero attached hydrogens (tertiary/aromatic N) is 1. The molecule has 1 aromatic rings. The molecule has 1 spiro atoms. The van der Waals surface area contributed by atoms with Crippen molar-refractivity contribution in [1.29, 1.82) is 0 Å². The van der Waals surface area contributed by atoms with E-state index in [4.69, 9.17) is 4.74 Å². The number of likely N-dealkylation sites (tertiary alicyclic amines) is 1. The van der Waals surface area contributed by atoms with E-state index in [-0.39, 0.29) is 17.5 Å². The van der Waals surface area contributed by atoms with Gasteiger partial charge in [0.25, 0.3) is 0 Å². The Balaban J connectivity index is 1.62. The number of Topliss-reactive ketones (excluding diaryl/α,β-unsaturated/α-hetero) is 1. The highest BCUT2D eigenvalue weighted by Crippen LogP contribution is 2.66. The van der Waals surface area contributed by atoms with Crippen molar-refractivity contribution >= 4 is 5.78 Å². The number of quaternary nitrogens is 1. The molecule has 28 heavy (non-hydrogen) atoms. The Bertz CT molecular complexity index is 926. The predicted molar refractivity (Wildman–Crippen MR) is 96.7 cm³/mol. The van der Waals surface area contributed by atoms with Gasteiger partial charge in [-0.2, -0.15) is 0 Å². The number of carbonyl (C=O) groups is 1. The molecule has 1 aromatic carbocycles. The van der Waals surface area contributed by atoms with Gasteiger partial charge in [-0.3, -0.25) is 4.79 Å². The second kappa shape index (κ2) is 4.73. The normalized spacial score (nSPS) is 44.8. The minimum absolute atomic E-state index is 0.0709. The van der Waals surface area contributed by atoms with Gasteiger partial charge in [0, 0.05) is 30.7 Å². The molecule has 0 radical (unpaired) electrons. The van der Waals surface area contributed by atoms with Crippen LogP contribution in [0.3, 0.4) is 0 Å². The Morgan fingerprint density at radius 3 is 2.71 bits per heavy atom. The summed E-state index contributed by atoms with van der Waals surface area (Å²) >= 11 is 0. The molecule has 2 bridgehead atoms. The standard InChI is InChI=1S/C21H25NO6/c1-22(9-11-2-3-11)7-6-19-15-12-4-5-13(23)16(15)28-18(19)17(24)21(26,27)10-20(19,25)14(22)8-12/h4-5,11,14,18,25-27H,2-3,6-10H2,1H3/p+1/t14-,18+,19+,20-,22?/m1/s1. The third-order valence-corrected chi connectivity index (χ3v) is 8.38. The molecule has 2 saturated carbocycles. The fourth-order valence-corrected chi connectivity index (χ4v) is 6.99. The summed E-state index contributed by atoms with van der Waals surface area (Å²) in [7, 11) is 2.15. The Morgan fingerprint density at radius 1 is 1.25 bits per heavy atom. The highest BCUT2D eigenvalue weighted by atomic mass is 16.5. The number of hydrogen-bond acceptors (Lipinski definition) is 6. The topological polar surface area (TPSA) is 107 Å². The van der Waals surface area contributed by atoms with Gasteiger partial charge in [0.15, 0.2) is 17.6 Å². The van der Waals surface area contributed by atoms with Crippen LogP contribution in [0, 0.1) is 5.92 Å². The number of aliphatic hydroxyl groups is 3. The smallest absolute Gasteiger partial charge is 0.232 e. The summed E-state index contributed by atoms with van der Waals surface area (Å²) in [5.41, 5.74) is -0.839. The van der Waals surface area contributed by atoms with Crippen molar-refractivity contribution in [1.82, 2.24) is 0 Å². The van der Waals surface area contributed by atoms with Gasteiger partial charge in [0.1, 0.15) is 11.6 Å². The van der Waals surface area contributed by atoms with Crippen molar-refractivity contribution in [3.63, 3.8) is 0 Å². The van der Waals surface area contributed by atoms with Crippen LogP contribution in [-0.4, -0.2) is 74.4 Å². The summed E-state index contributed by atoms with van der Waals surface area (Å²) in [4.78, 5) is 13.0. The van der Waals surface area contributed by atoms with E-state index in [9.17, 15) is 25.2 Å². The molecule has 0 aromatic heterocycles. The quantitative estimate of drug-likeness (QED) is 0.418. The minimum atomic E-state index is -2.64. The van der Waals surface area contributed by atoms with Crippen molar-refractivity contribution in [2.75, 3.05) is 20.1 Å². The lowest BCUT2D eigenvalue weighted by Gasteiger charge is -2.65. The minimum Gasteiger partial charge on any atom is -0.504 e. The summed E-state index contributed by atoms with van der Waals surface area (Å²) in [6, 6.07) is 3.18. The van der Waals surface area contributed by atoms with Gasteiger partial charge in [-0.25, -0.2) is 0 Å². The second-order valence-electron chi connectivity index (χ2n) is 10.00. The maximum atomic E-state index is 13.0. The van der Waals surface area contributed by atoms with E-state index in [0.717, 1.165) is 18.7 Å². The van der Waals surface area contributed by atoms with Gasteiger partial charge < -0.3 is 29.6 Å². The van der Waals surface area contributed by atoms with Gasteiger partial charge in [-0.05, 0) is 24.5 Å². The molecule has 4 N–H and O–H groups in total. The number of aromatic hydroxyl groups is 1. The molecule has 7 nitrogen and oxygen atoms in total. The second-order valence-corrected chi connectivity index (χ2v) is 10.00. The molecule has 0 amide bonds. The van der Waals surface area contributed by atoms with Crippen molar-refractivity contribution in [2.45, 2.75) is 61.1 Å². The number of phenols is 1. The Labute approximate surface area is 162 Å². The summed E-state index contributed by atoms with van der Waals surface area (Å²) in [6.07, 6.45) is 1.86. The predicted octanol–water partition coefficient (Wildman–Crippen LogP) is -0.0392. The summed E-state index contributed by atoms with van der Waals surface area (Å²) in [5, 5.41) is 43.6. The Kier molecular flexibility index (Phi) is 2.90. The van der Waals surface area contributed by atoms with Crippen LogP contribution in [0.1, 0.15) is 36.8 Å². The fourth-order valence-electron chi connectivity index (χ4n) is 6.99. The van der Waals surface area contributed by atoms with Crippen molar-refractivity contribution in [2.24, 2.45) is 5.92 Å². The summed E-state index contributed by atoms with van der Waals surface area (Å²) in [5.74, 6) is -2.66. The van der Waals surface area contributed by atoms with Gasteiger partial charge >= 0.3 is 0 Å². The van der Waals surface area contributed by atoms with Gasteiger partial charge in [0.2, 0.25) is 11.6 Å². The first-order valence-electron chi connectivity index (χ1n) is 10.2. The lowest BCUT2D eigenvalue weighted by atomic mass is 9.47. The number of benzene rings is 1. The number of phenolic OH excluding ortho intramolecular Hbond substituents is 1. The largest absolute Gasteiger partial charge is 0.504 e. The third kappa shape index (κ3) is 1.74. The molecule has 2 aliphatic heterocycles. The van der Waals surface area contributed by atoms with Crippen LogP contribution >= 0.6 is 0 Å². The molecule has 6 rings (SSSR count). The fraction of sp³-hybridized carbons (Fsp3) is 0.667. The lowest BCUT2D eigenvalue weighted by molar-refractivity contribution is -0.950. The molecule has 150 valence electrons. The molecule has 7 heteroatoms. The van der Waals surface area contributed by atoms with Crippen LogP contribution in [-0.2, 0) is 16.6 Å². The zero-order valence-electron chi connectivity index (χ0n) is 15.9. The average molecular weight is 388 g/mol. The number of piperidine rings is 1. The average Bonchev–Trinajstić information content (AvgIpc) is 3.33. The number of rotatable bonds is 2. The Morgan fingerprint density at radius 2 is 2.00 bits per heavy atom. The molecule has 3 aliphatic carbocycles. The van der Waals surface area contributed by atoms with E-state index in [2.05, 4.69) is 7.05 Å². The summed E-state index contributed by atoms with van der Waals surface area (Å²) < 4.78 is 6.56. The number of ether oxygens (including phenoxy) is 1.